The van der Waals surface area contributed by atoms with Crippen molar-refractivity contribution in [1.82, 2.24) is 14.9 Å². The van der Waals surface area contributed by atoms with Gasteiger partial charge in [-0.1, -0.05) is 24.3 Å². The van der Waals surface area contributed by atoms with Gasteiger partial charge in [-0.05, 0) is 65.6 Å². The Morgan fingerprint density at radius 3 is 2.51 bits per heavy atom. The van der Waals surface area contributed by atoms with Crippen LogP contribution in [0.15, 0.2) is 77.8 Å². The van der Waals surface area contributed by atoms with Gasteiger partial charge in [-0.25, -0.2) is 27.2 Å². The molecule has 1 saturated heterocycles. The number of aryl methyl sites for hydroxylation is 1. The van der Waals surface area contributed by atoms with E-state index < -0.39 is 26.6 Å². The minimum absolute atomic E-state index is 0.0114. The molecule has 0 amide bonds. The van der Waals surface area contributed by atoms with Crippen LogP contribution in [0.4, 0.5) is 20.3 Å². The van der Waals surface area contributed by atoms with Crippen molar-refractivity contribution in [2.45, 2.75) is 18.4 Å². The Morgan fingerprint density at radius 1 is 0.978 bits per heavy atom. The average molecular weight is 632 g/mol. The van der Waals surface area contributed by atoms with Crippen LogP contribution in [0.2, 0.25) is 0 Å². The maximum Gasteiger partial charge on any atom is 0.264 e. The lowest BCUT2D eigenvalue weighted by Gasteiger charge is -2.26. The molecule has 3 aromatic carbocycles. The number of nitrogens with zero attached hydrogens (tertiary/aromatic N) is 3. The van der Waals surface area contributed by atoms with Gasteiger partial charge in [-0.2, -0.15) is 0 Å². The molecular formula is C33H31F2N5O4S. The quantitative estimate of drug-likeness (QED) is 0.222. The zero-order chi connectivity index (χ0) is 31.7. The summed E-state index contributed by atoms with van der Waals surface area (Å²) in [7, 11) is -3.09. The number of nitrogen functional groups attached to an aromatic ring is 1. The number of nitrogens with two attached hydrogens (primary N) is 1. The van der Waals surface area contributed by atoms with Gasteiger partial charge in [0.05, 0.1) is 25.8 Å². The highest BCUT2D eigenvalue weighted by Crippen LogP contribution is 2.35. The molecule has 0 spiro atoms. The van der Waals surface area contributed by atoms with Crippen molar-refractivity contribution in [3.8, 4) is 28.1 Å². The van der Waals surface area contributed by atoms with Gasteiger partial charge >= 0.3 is 0 Å². The standard InChI is InChI=1S/C33H31F2N5O4S/c1-20-13-21(19-40-9-11-44-12-10-40)3-6-26(20)27-15-23-14-22(4-7-29(23)38-32(27)36)24-16-30(33(43-2)37-18-24)39-45(41,42)31-8-5-25(34)17-28(31)35/h3-8,13-18,39H,9-12,19H2,1-2H3,(H2,36,38). The Kier molecular flexibility index (Phi) is 8.36. The summed E-state index contributed by atoms with van der Waals surface area (Å²) in [4.78, 5) is 10.6. The Hall–Kier alpha value is -4.65. The van der Waals surface area contributed by atoms with E-state index in [1.807, 2.05) is 24.3 Å². The van der Waals surface area contributed by atoms with Crippen LogP contribution in [0.3, 0.4) is 0 Å². The zero-order valence-electron chi connectivity index (χ0n) is 24.7. The molecule has 12 heteroatoms. The lowest BCUT2D eigenvalue weighted by molar-refractivity contribution is 0.0342. The van der Waals surface area contributed by atoms with Gasteiger partial charge in [0.15, 0.2) is 0 Å². The van der Waals surface area contributed by atoms with E-state index in [2.05, 4.69) is 44.7 Å². The minimum atomic E-state index is -4.43. The van der Waals surface area contributed by atoms with E-state index in [0.717, 1.165) is 72.6 Å². The fourth-order valence-electron chi connectivity index (χ4n) is 5.47. The summed E-state index contributed by atoms with van der Waals surface area (Å²) in [6.45, 7) is 6.23. The fourth-order valence-corrected chi connectivity index (χ4v) is 6.58. The number of nitrogens with one attached hydrogen (secondary N) is 1. The van der Waals surface area contributed by atoms with Crippen molar-refractivity contribution < 1.29 is 26.7 Å². The van der Waals surface area contributed by atoms with Crippen molar-refractivity contribution in [3.63, 3.8) is 0 Å². The molecule has 1 aliphatic rings. The normalized spacial score (nSPS) is 14.0. The molecule has 0 bridgehead atoms. The summed E-state index contributed by atoms with van der Waals surface area (Å²) in [6.07, 6.45) is 1.54. The van der Waals surface area contributed by atoms with Gasteiger partial charge in [0.25, 0.3) is 10.0 Å². The number of pyridine rings is 2. The summed E-state index contributed by atoms with van der Waals surface area (Å²) in [5.41, 5.74) is 12.5. The molecule has 9 nitrogen and oxygen atoms in total. The number of sulfonamides is 1. The SMILES string of the molecule is COc1ncc(-c2ccc3nc(N)c(-c4ccc(CN5CCOCC5)cc4C)cc3c2)cc1NS(=O)(=O)c1ccc(F)cc1F. The van der Waals surface area contributed by atoms with Crippen LogP contribution < -0.4 is 15.2 Å². The molecule has 232 valence electrons. The predicted molar refractivity (Wildman–Crippen MR) is 169 cm³/mol. The number of aromatic nitrogens is 2. The molecule has 1 aliphatic heterocycles. The third-order valence-electron chi connectivity index (χ3n) is 7.74. The summed E-state index contributed by atoms with van der Waals surface area (Å²) in [6, 6.07) is 17.7. The van der Waals surface area contributed by atoms with E-state index in [4.69, 9.17) is 15.2 Å². The van der Waals surface area contributed by atoms with Crippen LogP contribution in [-0.2, 0) is 21.3 Å². The van der Waals surface area contributed by atoms with Gasteiger partial charge in [0.2, 0.25) is 5.88 Å². The smallest absolute Gasteiger partial charge is 0.264 e. The highest BCUT2D eigenvalue weighted by Gasteiger charge is 2.22. The number of morpholine rings is 1. The summed E-state index contributed by atoms with van der Waals surface area (Å²) >= 11 is 0. The Morgan fingerprint density at radius 2 is 1.78 bits per heavy atom. The van der Waals surface area contributed by atoms with Gasteiger partial charge in [0.1, 0.15) is 28.0 Å². The fraction of sp³-hybridized carbons (Fsp3) is 0.212. The number of benzene rings is 3. The number of rotatable bonds is 8. The van der Waals surface area contributed by atoms with E-state index in [0.29, 0.717) is 23.0 Å². The third kappa shape index (κ3) is 6.44. The maximum atomic E-state index is 14.3. The number of halogens is 2. The Labute approximate surface area is 259 Å². The average Bonchev–Trinajstić information content (AvgIpc) is 3.01. The van der Waals surface area contributed by atoms with Gasteiger partial charge in [-0.3, -0.25) is 9.62 Å². The molecule has 2 aromatic heterocycles. The van der Waals surface area contributed by atoms with Crippen molar-refractivity contribution in [2.24, 2.45) is 0 Å². The zero-order valence-corrected chi connectivity index (χ0v) is 25.5. The van der Waals surface area contributed by atoms with Gasteiger partial charge in [-0.15, -0.1) is 0 Å². The topological polar surface area (TPSA) is 120 Å². The van der Waals surface area contributed by atoms with Gasteiger partial charge in [0, 0.05) is 48.4 Å². The Bertz CT molecular complexity index is 2020. The molecule has 3 N–H and O–H groups in total. The molecule has 1 fully saturated rings. The van der Waals surface area contributed by atoms with Crippen LogP contribution in [0, 0.1) is 18.6 Å². The van der Waals surface area contributed by atoms with E-state index in [-0.39, 0.29) is 11.6 Å². The molecule has 45 heavy (non-hydrogen) atoms. The van der Waals surface area contributed by atoms with Crippen LogP contribution in [-0.4, -0.2) is 56.7 Å². The first-order chi connectivity index (χ1) is 21.6. The lowest BCUT2D eigenvalue weighted by atomic mass is 9.96. The van der Waals surface area contributed by atoms with Crippen molar-refractivity contribution in [1.29, 1.82) is 0 Å². The summed E-state index contributed by atoms with van der Waals surface area (Å²) in [5, 5.41) is 0.819. The predicted octanol–water partition coefficient (Wildman–Crippen LogP) is 5.77. The minimum Gasteiger partial charge on any atom is -0.480 e. The second-order valence-corrected chi connectivity index (χ2v) is 12.5. The first kappa shape index (κ1) is 30.4. The maximum absolute atomic E-state index is 14.3. The number of fused-ring (bicyclic) bond motifs is 1. The Balaban J connectivity index is 1.32. The van der Waals surface area contributed by atoms with E-state index in [1.165, 1.54) is 18.7 Å². The number of ether oxygens (including phenoxy) is 2. The molecular weight excluding hydrogens is 600 g/mol. The van der Waals surface area contributed by atoms with Crippen LogP contribution in [0.5, 0.6) is 5.88 Å². The van der Waals surface area contributed by atoms with Crippen LogP contribution in [0.1, 0.15) is 11.1 Å². The molecule has 0 saturated carbocycles. The monoisotopic (exact) mass is 631 g/mol. The summed E-state index contributed by atoms with van der Waals surface area (Å²) in [5.74, 6) is -1.71. The largest absolute Gasteiger partial charge is 0.480 e. The number of hydrogen-bond donors (Lipinski definition) is 2. The first-order valence-electron chi connectivity index (χ1n) is 14.2. The second-order valence-electron chi connectivity index (χ2n) is 10.8. The van der Waals surface area contributed by atoms with E-state index >= 15 is 0 Å². The second kappa shape index (κ2) is 12.4. The van der Waals surface area contributed by atoms with E-state index in [1.54, 1.807) is 6.20 Å². The van der Waals surface area contributed by atoms with E-state index in [9.17, 15) is 17.2 Å². The number of hydrogen-bond acceptors (Lipinski definition) is 8. The molecule has 5 aromatic rings. The summed E-state index contributed by atoms with van der Waals surface area (Å²) < 4.78 is 66.7. The molecule has 0 aliphatic carbocycles. The third-order valence-corrected chi connectivity index (χ3v) is 9.14. The van der Waals surface area contributed by atoms with Crippen molar-refractivity contribution in [3.05, 3.63) is 95.7 Å². The lowest BCUT2D eigenvalue weighted by Crippen LogP contribution is -2.35. The number of anilines is 2. The molecule has 0 atom stereocenters. The highest BCUT2D eigenvalue weighted by atomic mass is 32.2. The van der Waals surface area contributed by atoms with Crippen LogP contribution >= 0.6 is 0 Å². The molecule has 0 radical (unpaired) electrons. The first-order valence-corrected chi connectivity index (χ1v) is 15.7. The molecule has 6 rings (SSSR count). The highest BCUT2D eigenvalue weighted by molar-refractivity contribution is 7.92. The van der Waals surface area contributed by atoms with Crippen molar-refractivity contribution in [2.75, 3.05) is 43.9 Å². The van der Waals surface area contributed by atoms with Gasteiger partial charge < -0.3 is 15.2 Å². The van der Waals surface area contributed by atoms with Crippen molar-refractivity contribution >= 4 is 32.4 Å². The number of methoxy groups -OCH3 is 1. The molecule has 0 unspecified atom stereocenters. The molecule has 3 heterocycles. The van der Waals surface area contributed by atoms with Crippen LogP contribution in [0.25, 0.3) is 33.2 Å².